The number of rotatable bonds is 4. The molecule has 1 aromatic heterocycles. The van der Waals surface area contributed by atoms with Gasteiger partial charge in [-0.2, -0.15) is 0 Å². The summed E-state index contributed by atoms with van der Waals surface area (Å²) >= 11 is 0. The summed E-state index contributed by atoms with van der Waals surface area (Å²) in [6.07, 6.45) is 13.0. The van der Waals surface area contributed by atoms with Crippen LogP contribution in [-0.4, -0.2) is 10.8 Å². The highest BCUT2D eigenvalue weighted by atomic mass is 16.1. The highest BCUT2D eigenvalue weighted by Crippen LogP contribution is 2.27. The van der Waals surface area contributed by atoms with Crippen LogP contribution in [0, 0.1) is 5.92 Å². The number of ketones is 1. The minimum absolute atomic E-state index is 0.228. The maximum absolute atomic E-state index is 12.2. The Kier molecular flexibility index (Phi) is 4.33. The number of pyridine rings is 1. The third-order valence-electron chi connectivity index (χ3n) is 3.32. The molecule has 2 N–H and O–H groups in total. The van der Waals surface area contributed by atoms with Crippen LogP contribution in [0.2, 0.25) is 0 Å². The van der Waals surface area contributed by atoms with Crippen LogP contribution in [-0.2, 0) is 0 Å². The van der Waals surface area contributed by atoms with Gasteiger partial charge in [0, 0.05) is 22.9 Å². The number of nitrogens with two attached hydrogens (primary N) is 1. The van der Waals surface area contributed by atoms with E-state index in [9.17, 15) is 4.79 Å². The van der Waals surface area contributed by atoms with Gasteiger partial charge in [0.1, 0.15) is 0 Å². The molecule has 21 heavy (non-hydrogen) atoms. The van der Waals surface area contributed by atoms with Gasteiger partial charge >= 0.3 is 0 Å². The van der Waals surface area contributed by atoms with E-state index in [0.717, 1.165) is 5.57 Å². The van der Waals surface area contributed by atoms with Crippen LogP contribution >= 0.6 is 0 Å². The lowest BCUT2D eigenvalue weighted by Crippen LogP contribution is -2.08. The Morgan fingerprint density at radius 2 is 2.19 bits per heavy atom. The molecule has 0 saturated heterocycles. The van der Waals surface area contributed by atoms with E-state index in [2.05, 4.69) is 37.2 Å². The standard InChI is InChI=1S/C18H18N2O/c1-4-13(3)18(21)15-10-11-20-17(16(15)19)14-7-5-6-12(2)8-9-14/h4-12H,1,3,19H2,2H3. The normalized spacial score (nSPS) is 17.0. The summed E-state index contributed by atoms with van der Waals surface area (Å²) in [5, 5.41) is 0. The molecule has 0 saturated carbocycles. The summed E-state index contributed by atoms with van der Waals surface area (Å²) in [4.78, 5) is 16.5. The number of hydrogen-bond acceptors (Lipinski definition) is 3. The largest absolute Gasteiger partial charge is 0.396 e. The lowest BCUT2D eigenvalue weighted by atomic mass is 10.00. The Labute approximate surface area is 124 Å². The van der Waals surface area contributed by atoms with Crippen LogP contribution in [0.15, 0.2) is 67.5 Å². The topological polar surface area (TPSA) is 56.0 Å². The van der Waals surface area contributed by atoms with Crippen molar-refractivity contribution >= 4 is 17.0 Å². The van der Waals surface area contributed by atoms with Crippen LogP contribution in [0.5, 0.6) is 0 Å². The number of carbonyl (C=O) groups is 1. The number of anilines is 1. The second-order valence-electron chi connectivity index (χ2n) is 4.90. The van der Waals surface area contributed by atoms with Crippen LogP contribution in [0.4, 0.5) is 5.69 Å². The molecule has 1 atom stereocenters. The fourth-order valence-corrected chi connectivity index (χ4v) is 2.03. The fourth-order valence-electron chi connectivity index (χ4n) is 2.03. The highest BCUT2D eigenvalue weighted by molar-refractivity contribution is 6.13. The van der Waals surface area contributed by atoms with Gasteiger partial charge in [0.15, 0.2) is 5.78 Å². The monoisotopic (exact) mass is 278 g/mol. The van der Waals surface area contributed by atoms with Gasteiger partial charge in [0.2, 0.25) is 0 Å². The molecular formula is C18H18N2O. The number of nitrogen functional groups attached to an aromatic ring is 1. The molecule has 3 heteroatoms. The predicted molar refractivity (Wildman–Crippen MR) is 87.7 cm³/mol. The molecule has 0 fully saturated rings. The van der Waals surface area contributed by atoms with Crippen molar-refractivity contribution < 1.29 is 4.79 Å². The summed E-state index contributed by atoms with van der Waals surface area (Å²) in [5.74, 6) is 0.124. The first kappa shape index (κ1) is 14.7. The van der Waals surface area contributed by atoms with Gasteiger partial charge in [0.25, 0.3) is 0 Å². The molecular weight excluding hydrogens is 260 g/mol. The van der Waals surface area contributed by atoms with E-state index < -0.39 is 0 Å². The number of Topliss-reactive ketones (excluding diaryl/α,β-unsaturated/α-hetero) is 1. The second-order valence-corrected chi connectivity index (χ2v) is 4.90. The van der Waals surface area contributed by atoms with Crippen LogP contribution in [0.1, 0.15) is 23.0 Å². The average molecular weight is 278 g/mol. The van der Waals surface area contributed by atoms with Gasteiger partial charge in [-0.3, -0.25) is 9.78 Å². The Balaban J connectivity index is 2.48. The maximum atomic E-state index is 12.2. The van der Waals surface area contributed by atoms with Crippen LogP contribution < -0.4 is 5.73 Å². The van der Waals surface area contributed by atoms with Crippen molar-refractivity contribution in [3.05, 3.63) is 78.7 Å². The smallest absolute Gasteiger partial charge is 0.194 e. The number of hydrogen-bond donors (Lipinski definition) is 1. The molecule has 3 nitrogen and oxygen atoms in total. The maximum Gasteiger partial charge on any atom is 0.194 e. The zero-order valence-corrected chi connectivity index (χ0v) is 12.0. The van der Waals surface area contributed by atoms with Gasteiger partial charge in [-0.25, -0.2) is 0 Å². The molecule has 1 unspecified atom stereocenters. The van der Waals surface area contributed by atoms with Gasteiger partial charge in [-0.15, -0.1) is 0 Å². The third kappa shape index (κ3) is 3.08. The third-order valence-corrected chi connectivity index (χ3v) is 3.32. The van der Waals surface area contributed by atoms with Gasteiger partial charge in [-0.05, 0) is 12.0 Å². The molecule has 0 spiro atoms. The van der Waals surface area contributed by atoms with E-state index in [0.29, 0.717) is 28.4 Å². The Morgan fingerprint density at radius 3 is 2.90 bits per heavy atom. The van der Waals surface area contributed by atoms with E-state index in [4.69, 9.17) is 5.73 Å². The zero-order chi connectivity index (χ0) is 15.4. The number of carbonyl (C=O) groups excluding carboxylic acids is 1. The van der Waals surface area contributed by atoms with Crippen molar-refractivity contribution in [2.75, 3.05) is 5.73 Å². The minimum Gasteiger partial charge on any atom is -0.396 e. The summed E-state index contributed by atoms with van der Waals surface area (Å²) in [6.45, 7) is 9.33. The van der Waals surface area contributed by atoms with Crippen molar-refractivity contribution in [2.24, 2.45) is 5.92 Å². The van der Waals surface area contributed by atoms with Crippen LogP contribution in [0.25, 0.3) is 5.57 Å². The van der Waals surface area contributed by atoms with E-state index in [1.807, 2.05) is 18.2 Å². The number of nitrogens with zero attached hydrogens (tertiary/aromatic N) is 1. The molecule has 1 heterocycles. The van der Waals surface area contributed by atoms with Gasteiger partial charge in [-0.1, -0.05) is 56.5 Å². The Morgan fingerprint density at radius 1 is 1.43 bits per heavy atom. The zero-order valence-electron chi connectivity index (χ0n) is 12.0. The molecule has 0 amide bonds. The first-order chi connectivity index (χ1) is 10.0. The van der Waals surface area contributed by atoms with Gasteiger partial charge < -0.3 is 5.73 Å². The van der Waals surface area contributed by atoms with Gasteiger partial charge in [0.05, 0.1) is 11.4 Å². The molecule has 0 aliphatic heterocycles. The van der Waals surface area contributed by atoms with E-state index >= 15 is 0 Å². The fraction of sp³-hybridized carbons (Fsp3) is 0.111. The van der Waals surface area contributed by atoms with E-state index in [1.165, 1.54) is 6.08 Å². The summed E-state index contributed by atoms with van der Waals surface area (Å²) in [7, 11) is 0. The van der Waals surface area contributed by atoms with Crippen molar-refractivity contribution in [3.63, 3.8) is 0 Å². The first-order valence-electron chi connectivity index (χ1n) is 6.72. The van der Waals surface area contributed by atoms with Crippen molar-refractivity contribution in [2.45, 2.75) is 6.92 Å². The first-order valence-corrected chi connectivity index (χ1v) is 6.72. The molecule has 2 rings (SSSR count). The summed E-state index contributed by atoms with van der Waals surface area (Å²) in [6, 6.07) is 1.61. The van der Waals surface area contributed by atoms with Crippen molar-refractivity contribution in [1.82, 2.24) is 4.98 Å². The highest BCUT2D eigenvalue weighted by Gasteiger charge is 2.16. The minimum atomic E-state index is -0.228. The summed E-state index contributed by atoms with van der Waals surface area (Å²) < 4.78 is 0. The van der Waals surface area contributed by atoms with Crippen molar-refractivity contribution in [3.8, 4) is 0 Å². The second kappa shape index (κ2) is 6.18. The SMILES string of the molecule is C=CC(=C)C(=O)c1ccnc(C2=CC=CC(C)C=C2)c1N. The lowest BCUT2D eigenvalue weighted by Gasteiger charge is -2.10. The molecule has 1 aromatic rings. The number of aromatic nitrogens is 1. The molecule has 0 bridgehead atoms. The molecule has 1 aliphatic rings. The average Bonchev–Trinajstić information content (AvgIpc) is 2.70. The Hall–Kier alpha value is -2.68. The quantitative estimate of drug-likeness (QED) is 0.518. The lowest BCUT2D eigenvalue weighted by molar-refractivity contribution is 0.103. The molecule has 106 valence electrons. The predicted octanol–water partition coefficient (Wildman–Crippen LogP) is 3.73. The van der Waals surface area contributed by atoms with E-state index in [1.54, 1.807) is 12.3 Å². The molecule has 0 aromatic carbocycles. The number of allylic oxidation sites excluding steroid dienone is 8. The van der Waals surface area contributed by atoms with Crippen LogP contribution in [0.3, 0.4) is 0 Å². The summed E-state index contributed by atoms with van der Waals surface area (Å²) in [5.41, 5.74) is 8.71. The van der Waals surface area contributed by atoms with E-state index in [-0.39, 0.29) is 5.78 Å². The van der Waals surface area contributed by atoms with Crippen molar-refractivity contribution in [1.29, 1.82) is 0 Å². The Bertz CT molecular complexity index is 693. The molecule has 1 aliphatic carbocycles. The molecule has 0 radical (unpaired) electrons.